The SMILES string of the molecule is CCCCCCCC[C@@]1(O)O[C@H](CO)[C@@H](O)[C@H](O)[C@H]1O.O.[NaH]. The first-order chi connectivity index (χ1) is 9.46. The molecule has 130 valence electrons. The summed E-state index contributed by atoms with van der Waals surface area (Å²) in [4.78, 5) is 0. The fourth-order valence-electron chi connectivity index (χ4n) is 2.59. The Bertz CT molecular complexity index is 280. The Labute approximate surface area is 153 Å². The molecule has 0 aliphatic carbocycles. The van der Waals surface area contributed by atoms with E-state index >= 15 is 0 Å². The fourth-order valence-corrected chi connectivity index (χ4v) is 2.59. The van der Waals surface area contributed by atoms with Gasteiger partial charge in [0.25, 0.3) is 0 Å². The molecule has 0 unspecified atom stereocenters. The van der Waals surface area contributed by atoms with Gasteiger partial charge in [-0.25, -0.2) is 0 Å². The third-order valence-electron chi connectivity index (χ3n) is 3.94. The monoisotopic (exact) mass is 334 g/mol. The van der Waals surface area contributed by atoms with Crippen LogP contribution in [0.4, 0.5) is 0 Å². The van der Waals surface area contributed by atoms with Crippen LogP contribution in [0.25, 0.3) is 0 Å². The van der Waals surface area contributed by atoms with Gasteiger partial charge in [-0.05, 0) is 6.42 Å². The van der Waals surface area contributed by atoms with Crippen molar-refractivity contribution in [3.05, 3.63) is 0 Å². The van der Waals surface area contributed by atoms with Gasteiger partial charge in [0.05, 0.1) is 6.61 Å². The molecule has 0 saturated carbocycles. The third kappa shape index (κ3) is 6.68. The molecular formula is C14H31NaO7. The molecule has 0 aromatic rings. The second-order valence-corrected chi connectivity index (χ2v) is 5.63. The summed E-state index contributed by atoms with van der Waals surface area (Å²) >= 11 is 0. The van der Waals surface area contributed by atoms with Gasteiger partial charge in [-0.15, -0.1) is 0 Å². The summed E-state index contributed by atoms with van der Waals surface area (Å²) in [5.41, 5.74) is 0. The summed E-state index contributed by atoms with van der Waals surface area (Å²) in [5.74, 6) is -1.91. The quantitative estimate of drug-likeness (QED) is 0.268. The normalized spacial score (nSPS) is 34.6. The molecule has 0 radical (unpaired) electrons. The van der Waals surface area contributed by atoms with E-state index in [-0.39, 0.29) is 41.5 Å². The molecule has 0 amide bonds. The summed E-state index contributed by atoms with van der Waals surface area (Å²) in [6.07, 6.45) is 0.669. The minimum absolute atomic E-state index is 0. The molecule has 1 aliphatic rings. The van der Waals surface area contributed by atoms with Crippen LogP contribution in [0.5, 0.6) is 0 Å². The Balaban J connectivity index is 0. The number of aliphatic hydroxyl groups is 5. The van der Waals surface area contributed by atoms with Gasteiger partial charge < -0.3 is 35.7 Å². The van der Waals surface area contributed by atoms with Crippen molar-refractivity contribution >= 4 is 29.6 Å². The number of aliphatic hydroxyl groups excluding tert-OH is 4. The average Bonchev–Trinajstić information content (AvgIpc) is 2.45. The van der Waals surface area contributed by atoms with Gasteiger partial charge in [0.15, 0.2) is 5.79 Å². The predicted molar refractivity (Wildman–Crippen MR) is 83.7 cm³/mol. The van der Waals surface area contributed by atoms with Crippen LogP contribution in [-0.2, 0) is 4.74 Å². The molecule has 1 heterocycles. The van der Waals surface area contributed by atoms with E-state index < -0.39 is 36.8 Å². The number of rotatable bonds is 8. The van der Waals surface area contributed by atoms with Crippen LogP contribution < -0.4 is 0 Å². The van der Waals surface area contributed by atoms with Gasteiger partial charge >= 0.3 is 29.6 Å². The standard InChI is InChI=1S/C14H28O6.Na.H2O.H/c1-2-3-4-5-6-7-8-14(19)13(18)12(17)11(16)10(9-15)20-14;;;/h10-13,15-19H,2-9H2,1H3;;1H2;/t10-,11-,12+,13-,14-;;;/m1.../s1. The van der Waals surface area contributed by atoms with E-state index in [0.29, 0.717) is 6.42 Å². The number of hydrogen-bond acceptors (Lipinski definition) is 6. The molecule has 1 saturated heterocycles. The van der Waals surface area contributed by atoms with Crippen molar-refractivity contribution in [2.45, 2.75) is 82.1 Å². The molecule has 1 aliphatic heterocycles. The van der Waals surface area contributed by atoms with Crippen LogP contribution in [0.1, 0.15) is 51.9 Å². The number of unbranched alkanes of at least 4 members (excludes halogenated alkanes) is 5. The zero-order valence-corrected chi connectivity index (χ0v) is 12.6. The first kappa shape index (κ1) is 25.0. The van der Waals surface area contributed by atoms with Crippen molar-refractivity contribution in [2.75, 3.05) is 6.61 Å². The van der Waals surface area contributed by atoms with Gasteiger partial charge in [-0.3, -0.25) is 0 Å². The van der Waals surface area contributed by atoms with E-state index in [1.54, 1.807) is 0 Å². The molecule has 1 rings (SSSR count). The van der Waals surface area contributed by atoms with Crippen LogP contribution in [0.2, 0.25) is 0 Å². The maximum atomic E-state index is 10.3. The number of ether oxygens (including phenoxy) is 1. The molecule has 0 aromatic carbocycles. The maximum absolute atomic E-state index is 10.3. The number of hydrogen-bond donors (Lipinski definition) is 5. The second kappa shape index (κ2) is 12.1. The molecule has 0 aromatic heterocycles. The summed E-state index contributed by atoms with van der Waals surface area (Å²) in [5, 5.41) is 48.5. The molecule has 7 N–H and O–H groups in total. The zero-order chi connectivity index (χ0) is 15.2. The van der Waals surface area contributed by atoms with Crippen molar-refractivity contribution in [3.63, 3.8) is 0 Å². The Morgan fingerprint density at radius 1 is 0.955 bits per heavy atom. The molecule has 22 heavy (non-hydrogen) atoms. The van der Waals surface area contributed by atoms with Crippen molar-refractivity contribution in [1.29, 1.82) is 0 Å². The average molecular weight is 334 g/mol. The summed E-state index contributed by atoms with van der Waals surface area (Å²) in [7, 11) is 0. The van der Waals surface area contributed by atoms with Crippen LogP contribution in [-0.4, -0.2) is 97.4 Å². The van der Waals surface area contributed by atoms with Gasteiger partial charge in [-0.2, -0.15) is 0 Å². The first-order valence-electron chi connectivity index (χ1n) is 7.51. The Hall–Kier alpha value is 0.720. The minimum atomic E-state index is -1.91. The summed E-state index contributed by atoms with van der Waals surface area (Å²) < 4.78 is 5.19. The van der Waals surface area contributed by atoms with Crippen molar-refractivity contribution in [3.8, 4) is 0 Å². The van der Waals surface area contributed by atoms with Crippen molar-refractivity contribution in [1.82, 2.24) is 0 Å². The molecule has 1 fully saturated rings. The van der Waals surface area contributed by atoms with Crippen LogP contribution in [0, 0.1) is 0 Å². The fraction of sp³-hybridized carbons (Fsp3) is 1.00. The molecule has 8 heteroatoms. The van der Waals surface area contributed by atoms with Gasteiger partial charge in [0.1, 0.15) is 24.4 Å². The topological polar surface area (TPSA) is 142 Å². The third-order valence-corrected chi connectivity index (χ3v) is 3.94. The van der Waals surface area contributed by atoms with Crippen molar-refractivity contribution in [2.24, 2.45) is 0 Å². The molecular weight excluding hydrogens is 303 g/mol. The van der Waals surface area contributed by atoms with E-state index in [2.05, 4.69) is 6.92 Å². The second-order valence-electron chi connectivity index (χ2n) is 5.63. The Morgan fingerprint density at radius 2 is 1.50 bits per heavy atom. The predicted octanol–water partition coefficient (Wildman–Crippen LogP) is -1.57. The van der Waals surface area contributed by atoms with E-state index in [9.17, 15) is 20.4 Å². The van der Waals surface area contributed by atoms with E-state index in [1.165, 1.54) is 6.42 Å². The van der Waals surface area contributed by atoms with Crippen LogP contribution in [0.15, 0.2) is 0 Å². The zero-order valence-electron chi connectivity index (χ0n) is 12.6. The van der Waals surface area contributed by atoms with Gasteiger partial charge in [-0.1, -0.05) is 39.0 Å². The van der Waals surface area contributed by atoms with Gasteiger partial charge in [0, 0.05) is 6.42 Å². The first-order valence-corrected chi connectivity index (χ1v) is 7.51. The summed E-state index contributed by atoms with van der Waals surface area (Å²) in [6.45, 7) is 1.61. The van der Waals surface area contributed by atoms with E-state index in [4.69, 9.17) is 9.84 Å². The van der Waals surface area contributed by atoms with Gasteiger partial charge in [0.2, 0.25) is 0 Å². The molecule has 0 bridgehead atoms. The molecule has 7 nitrogen and oxygen atoms in total. The summed E-state index contributed by atoms with van der Waals surface area (Å²) in [6, 6.07) is 0. The Morgan fingerprint density at radius 3 is 2.05 bits per heavy atom. The van der Waals surface area contributed by atoms with Crippen LogP contribution >= 0.6 is 0 Å². The molecule has 5 atom stereocenters. The van der Waals surface area contributed by atoms with E-state index in [1.807, 2.05) is 0 Å². The molecule has 0 spiro atoms. The van der Waals surface area contributed by atoms with Crippen molar-refractivity contribution < 1.29 is 35.7 Å². The van der Waals surface area contributed by atoms with Crippen LogP contribution in [0.3, 0.4) is 0 Å². The van der Waals surface area contributed by atoms with E-state index in [0.717, 1.165) is 25.7 Å². The Kier molecular flexibility index (Phi) is 13.8.